The van der Waals surface area contributed by atoms with Gasteiger partial charge in [0.1, 0.15) is 5.82 Å². The van der Waals surface area contributed by atoms with E-state index in [4.69, 9.17) is 0 Å². The molecule has 0 aliphatic heterocycles. The van der Waals surface area contributed by atoms with Crippen LogP contribution in [0.4, 0.5) is 4.39 Å². The van der Waals surface area contributed by atoms with Crippen molar-refractivity contribution >= 4 is 26.0 Å². The van der Waals surface area contributed by atoms with Crippen molar-refractivity contribution in [2.45, 2.75) is 18.0 Å². The minimum Gasteiger partial charge on any atom is -0.235 e. The molecule has 6 nitrogen and oxygen atoms in total. The Morgan fingerprint density at radius 3 is 2.38 bits per heavy atom. The molecule has 1 atom stereocenters. The molecule has 0 saturated carbocycles. The van der Waals surface area contributed by atoms with Gasteiger partial charge in [0.25, 0.3) is 10.0 Å². The predicted octanol–water partition coefficient (Wildman–Crippen LogP) is 2.10. The van der Waals surface area contributed by atoms with Crippen LogP contribution in [0.15, 0.2) is 33.9 Å². The zero-order valence-electron chi connectivity index (χ0n) is 11.7. The quantitative estimate of drug-likeness (QED) is 0.819. The molecule has 0 bridgehead atoms. The van der Waals surface area contributed by atoms with Crippen LogP contribution in [0.5, 0.6) is 0 Å². The molecule has 2 aromatic rings. The van der Waals surface area contributed by atoms with Gasteiger partial charge in [0.15, 0.2) is 4.60 Å². The van der Waals surface area contributed by atoms with Crippen molar-refractivity contribution in [3.05, 3.63) is 40.2 Å². The van der Waals surface area contributed by atoms with E-state index >= 15 is 0 Å². The second-order valence-electron chi connectivity index (χ2n) is 4.56. The van der Waals surface area contributed by atoms with E-state index in [-0.39, 0.29) is 15.4 Å². The first-order valence-corrected chi connectivity index (χ1v) is 8.27. The number of nitrogens with zero attached hydrogens (tertiary/aromatic N) is 4. The molecule has 0 radical (unpaired) electrons. The van der Waals surface area contributed by atoms with Gasteiger partial charge >= 0.3 is 0 Å². The lowest BCUT2D eigenvalue weighted by Gasteiger charge is -2.24. The maximum Gasteiger partial charge on any atom is 0.263 e. The van der Waals surface area contributed by atoms with Gasteiger partial charge in [0, 0.05) is 20.1 Å². The monoisotopic (exact) mass is 376 g/mol. The molecular formula is C12H14BrFN4O2S. The highest BCUT2D eigenvalue weighted by Crippen LogP contribution is 2.28. The van der Waals surface area contributed by atoms with E-state index in [2.05, 4.69) is 26.2 Å². The summed E-state index contributed by atoms with van der Waals surface area (Å²) in [6.45, 7) is 1.72. The number of hydrogen-bond donors (Lipinski definition) is 0. The number of aryl methyl sites for hydroxylation is 1. The third-order valence-corrected chi connectivity index (χ3v) is 6.08. The molecule has 0 spiro atoms. The maximum absolute atomic E-state index is 13.0. The molecule has 1 unspecified atom stereocenters. The van der Waals surface area contributed by atoms with Gasteiger partial charge in [0.2, 0.25) is 5.03 Å². The highest BCUT2D eigenvalue weighted by Gasteiger charge is 2.31. The first-order valence-electron chi connectivity index (χ1n) is 6.04. The Hall–Kier alpha value is -1.32. The second kappa shape index (κ2) is 5.82. The Labute approximate surface area is 130 Å². The number of benzene rings is 1. The van der Waals surface area contributed by atoms with Gasteiger partial charge in [-0.1, -0.05) is 17.3 Å². The lowest BCUT2D eigenvalue weighted by molar-refractivity contribution is 0.392. The molecule has 0 fully saturated rings. The Balaban J connectivity index is 2.38. The van der Waals surface area contributed by atoms with Crippen molar-refractivity contribution in [2.24, 2.45) is 7.05 Å². The summed E-state index contributed by atoms with van der Waals surface area (Å²) >= 11 is 3.09. The van der Waals surface area contributed by atoms with Gasteiger partial charge in [-0.15, -0.1) is 5.10 Å². The third kappa shape index (κ3) is 2.99. The van der Waals surface area contributed by atoms with Crippen LogP contribution in [-0.4, -0.2) is 34.8 Å². The van der Waals surface area contributed by atoms with E-state index in [1.165, 1.54) is 35.2 Å². The Morgan fingerprint density at radius 2 is 1.90 bits per heavy atom. The molecule has 1 aromatic heterocycles. The summed E-state index contributed by atoms with van der Waals surface area (Å²) in [5.41, 5.74) is 0.689. The fourth-order valence-corrected chi connectivity index (χ4v) is 4.27. The van der Waals surface area contributed by atoms with Gasteiger partial charge in [-0.25, -0.2) is 17.5 Å². The Bertz CT molecular complexity index is 726. The summed E-state index contributed by atoms with van der Waals surface area (Å²) in [7, 11) is -0.822. The average Bonchev–Trinajstić information content (AvgIpc) is 2.78. The SMILES string of the molecule is CC(c1ccc(F)cc1)N(C)S(=O)(=O)c1c(Br)nnn1C. The topological polar surface area (TPSA) is 68.1 Å². The number of rotatable bonds is 4. The first-order chi connectivity index (χ1) is 9.75. The van der Waals surface area contributed by atoms with Crippen LogP contribution in [0.2, 0.25) is 0 Å². The molecule has 21 heavy (non-hydrogen) atoms. The fraction of sp³-hybridized carbons (Fsp3) is 0.333. The van der Waals surface area contributed by atoms with Crippen LogP contribution in [0, 0.1) is 5.82 Å². The summed E-state index contributed by atoms with van der Waals surface area (Å²) in [5.74, 6) is -0.366. The smallest absolute Gasteiger partial charge is 0.235 e. The van der Waals surface area contributed by atoms with Crippen molar-refractivity contribution in [3.63, 3.8) is 0 Å². The van der Waals surface area contributed by atoms with E-state index in [0.29, 0.717) is 5.56 Å². The van der Waals surface area contributed by atoms with Crippen LogP contribution in [0.3, 0.4) is 0 Å². The van der Waals surface area contributed by atoms with Gasteiger partial charge in [-0.05, 0) is 40.5 Å². The highest BCUT2D eigenvalue weighted by atomic mass is 79.9. The van der Waals surface area contributed by atoms with Crippen LogP contribution in [0.1, 0.15) is 18.5 Å². The first kappa shape index (κ1) is 16.1. The molecule has 9 heteroatoms. The Kier molecular flexibility index (Phi) is 4.45. The average molecular weight is 377 g/mol. The normalized spacial score (nSPS) is 13.6. The molecule has 1 heterocycles. The van der Waals surface area contributed by atoms with E-state index in [1.807, 2.05) is 0 Å². The largest absolute Gasteiger partial charge is 0.263 e. The van der Waals surface area contributed by atoms with Crippen molar-refractivity contribution in [2.75, 3.05) is 7.05 Å². The van der Waals surface area contributed by atoms with E-state index < -0.39 is 16.1 Å². The van der Waals surface area contributed by atoms with E-state index in [1.54, 1.807) is 19.1 Å². The molecule has 0 aliphatic carbocycles. The summed E-state index contributed by atoms with van der Waals surface area (Å²) in [6.07, 6.45) is 0. The van der Waals surface area contributed by atoms with Gasteiger partial charge in [0.05, 0.1) is 0 Å². The summed E-state index contributed by atoms with van der Waals surface area (Å²) in [6, 6.07) is 5.25. The third-order valence-electron chi connectivity index (χ3n) is 3.26. The van der Waals surface area contributed by atoms with Gasteiger partial charge in [-0.2, -0.15) is 4.31 Å². The molecule has 1 aromatic carbocycles. The molecular weight excluding hydrogens is 363 g/mol. The minimum atomic E-state index is -3.78. The summed E-state index contributed by atoms with van der Waals surface area (Å²) in [5, 5.41) is 7.33. The zero-order chi connectivity index (χ0) is 15.8. The Morgan fingerprint density at radius 1 is 1.33 bits per heavy atom. The number of halogens is 2. The molecule has 0 saturated heterocycles. The van der Waals surface area contributed by atoms with Crippen molar-refractivity contribution in [3.8, 4) is 0 Å². The molecule has 0 aliphatic rings. The number of aromatic nitrogens is 3. The zero-order valence-corrected chi connectivity index (χ0v) is 14.1. The van der Waals surface area contributed by atoms with Crippen LogP contribution < -0.4 is 0 Å². The molecule has 0 amide bonds. The predicted molar refractivity (Wildman–Crippen MR) is 78.5 cm³/mol. The van der Waals surface area contributed by atoms with E-state index in [0.717, 1.165) is 0 Å². The maximum atomic E-state index is 13.0. The van der Waals surface area contributed by atoms with Crippen LogP contribution in [0.25, 0.3) is 0 Å². The van der Waals surface area contributed by atoms with E-state index in [9.17, 15) is 12.8 Å². The lowest BCUT2D eigenvalue weighted by atomic mass is 10.1. The van der Waals surface area contributed by atoms with Gasteiger partial charge in [-0.3, -0.25) is 0 Å². The summed E-state index contributed by atoms with van der Waals surface area (Å²) in [4.78, 5) is 0. The van der Waals surface area contributed by atoms with Crippen LogP contribution in [-0.2, 0) is 17.1 Å². The molecule has 0 N–H and O–H groups in total. The molecule has 2 rings (SSSR count). The van der Waals surface area contributed by atoms with Gasteiger partial charge < -0.3 is 0 Å². The number of hydrogen-bond acceptors (Lipinski definition) is 4. The summed E-state index contributed by atoms with van der Waals surface area (Å²) < 4.78 is 40.8. The fourth-order valence-electron chi connectivity index (χ4n) is 1.89. The number of sulfonamides is 1. The van der Waals surface area contributed by atoms with Crippen molar-refractivity contribution < 1.29 is 12.8 Å². The van der Waals surface area contributed by atoms with Crippen LogP contribution >= 0.6 is 15.9 Å². The van der Waals surface area contributed by atoms with Crippen molar-refractivity contribution in [1.29, 1.82) is 0 Å². The minimum absolute atomic E-state index is 0.0287. The van der Waals surface area contributed by atoms with Crippen molar-refractivity contribution in [1.82, 2.24) is 19.3 Å². The molecule has 114 valence electrons. The second-order valence-corrected chi connectivity index (χ2v) is 7.22. The highest BCUT2D eigenvalue weighted by molar-refractivity contribution is 9.10. The lowest BCUT2D eigenvalue weighted by Crippen LogP contribution is -2.31. The standard InChI is InChI=1S/C12H14BrFN4O2S/c1-8(9-4-6-10(14)7-5-9)18(3)21(19,20)12-11(13)15-16-17(12)2/h4-8H,1-3H3.